The summed E-state index contributed by atoms with van der Waals surface area (Å²) in [4.78, 5) is 2.27. The molecule has 0 radical (unpaired) electrons. The van der Waals surface area contributed by atoms with Crippen LogP contribution >= 0.6 is 15.9 Å². The Labute approximate surface area is 63.6 Å². The number of halogens is 1. The van der Waals surface area contributed by atoms with Crippen molar-refractivity contribution in [1.29, 1.82) is 5.26 Å². The lowest BCUT2D eigenvalue weighted by Crippen LogP contribution is -2.46. The summed E-state index contributed by atoms with van der Waals surface area (Å²) in [7, 11) is 0. The van der Waals surface area contributed by atoms with E-state index in [0.29, 0.717) is 5.92 Å². The van der Waals surface area contributed by atoms with E-state index < -0.39 is 0 Å². The minimum Gasteiger partial charge on any atom is -0.300 e. The number of nitriles is 1. The molecular formula is C6H9BrN2. The molecule has 9 heavy (non-hydrogen) atoms. The highest BCUT2D eigenvalue weighted by Gasteiger charge is 2.24. The van der Waals surface area contributed by atoms with E-state index in [1.807, 2.05) is 0 Å². The third-order valence-electron chi connectivity index (χ3n) is 1.54. The van der Waals surface area contributed by atoms with Crippen molar-refractivity contribution in [3.63, 3.8) is 0 Å². The number of nitrogens with zero attached hydrogens (tertiary/aromatic N) is 2. The first-order chi connectivity index (χ1) is 4.36. The molecule has 1 fully saturated rings. The molecule has 0 bridgehead atoms. The van der Waals surface area contributed by atoms with Crippen molar-refractivity contribution in [2.45, 2.75) is 0 Å². The Morgan fingerprint density at radius 2 is 2.33 bits per heavy atom. The van der Waals surface area contributed by atoms with E-state index in [-0.39, 0.29) is 0 Å². The highest BCUT2D eigenvalue weighted by atomic mass is 79.9. The lowest BCUT2D eigenvalue weighted by atomic mass is 10.0. The summed E-state index contributed by atoms with van der Waals surface area (Å²) in [6, 6.07) is 2.23. The normalized spacial score (nSPS) is 20.9. The molecule has 0 aromatic carbocycles. The molecule has 1 heterocycles. The van der Waals surface area contributed by atoms with Crippen LogP contribution in [0.1, 0.15) is 0 Å². The molecule has 0 aliphatic carbocycles. The van der Waals surface area contributed by atoms with E-state index in [1.165, 1.54) is 0 Å². The van der Waals surface area contributed by atoms with Gasteiger partial charge in [-0.15, -0.1) is 0 Å². The first-order valence-corrected chi connectivity index (χ1v) is 4.17. The Kier molecular flexibility index (Phi) is 2.49. The van der Waals surface area contributed by atoms with Gasteiger partial charge in [0.2, 0.25) is 0 Å². The van der Waals surface area contributed by atoms with E-state index >= 15 is 0 Å². The third kappa shape index (κ3) is 1.67. The Morgan fingerprint density at radius 1 is 1.67 bits per heavy atom. The number of alkyl halides is 1. The van der Waals surface area contributed by atoms with Crippen LogP contribution < -0.4 is 0 Å². The van der Waals surface area contributed by atoms with Crippen molar-refractivity contribution < 1.29 is 0 Å². The van der Waals surface area contributed by atoms with Gasteiger partial charge in [-0.25, -0.2) is 0 Å². The summed E-state index contributed by atoms with van der Waals surface area (Å²) in [5.41, 5.74) is 0. The molecule has 50 valence electrons. The van der Waals surface area contributed by atoms with E-state index in [0.717, 1.165) is 25.0 Å². The smallest absolute Gasteiger partial charge is 0.0717 e. The van der Waals surface area contributed by atoms with Crippen LogP contribution in [0.4, 0.5) is 0 Å². The third-order valence-corrected chi connectivity index (χ3v) is 1.90. The van der Waals surface area contributed by atoms with Crippen LogP contribution in [-0.4, -0.2) is 29.9 Å². The highest BCUT2D eigenvalue weighted by molar-refractivity contribution is 9.09. The van der Waals surface area contributed by atoms with Crippen LogP contribution in [-0.2, 0) is 0 Å². The molecule has 0 saturated carbocycles. The van der Waals surface area contributed by atoms with Crippen molar-refractivity contribution in [3.05, 3.63) is 0 Å². The molecule has 1 aliphatic heterocycles. The topological polar surface area (TPSA) is 27.0 Å². The van der Waals surface area contributed by atoms with Crippen LogP contribution in [0, 0.1) is 17.2 Å². The van der Waals surface area contributed by atoms with E-state index in [4.69, 9.17) is 5.26 Å². The average molecular weight is 189 g/mol. The van der Waals surface area contributed by atoms with Gasteiger partial charge in [-0.05, 0) is 0 Å². The zero-order chi connectivity index (χ0) is 6.69. The maximum absolute atomic E-state index is 8.38. The number of rotatable bonds is 2. The predicted molar refractivity (Wildman–Crippen MR) is 39.3 cm³/mol. The molecular weight excluding hydrogens is 180 g/mol. The first kappa shape index (κ1) is 7.04. The number of hydrogen-bond donors (Lipinski definition) is 0. The Balaban J connectivity index is 2.06. The molecule has 0 unspecified atom stereocenters. The minimum atomic E-state index is 0.309. The quantitative estimate of drug-likeness (QED) is 0.601. The summed E-state index contributed by atoms with van der Waals surface area (Å²) >= 11 is 3.34. The van der Waals surface area contributed by atoms with Gasteiger partial charge in [-0.2, -0.15) is 5.26 Å². The summed E-state index contributed by atoms with van der Waals surface area (Å²) in [6.07, 6.45) is 0. The second-order valence-electron chi connectivity index (χ2n) is 2.27. The molecule has 1 saturated heterocycles. The van der Waals surface area contributed by atoms with Crippen molar-refractivity contribution in [1.82, 2.24) is 4.90 Å². The van der Waals surface area contributed by atoms with Gasteiger partial charge in [0.15, 0.2) is 0 Å². The molecule has 2 nitrogen and oxygen atoms in total. The lowest BCUT2D eigenvalue weighted by Gasteiger charge is -2.34. The van der Waals surface area contributed by atoms with E-state index in [9.17, 15) is 0 Å². The number of hydrogen-bond acceptors (Lipinski definition) is 2. The van der Waals surface area contributed by atoms with E-state index in [1.54, 1.807) is 0 Å². The van der Waals surface area contributed by atoms with Gasteiger partial charge in [0.25, 0.3) is 0 Å². The zero-order valence-corrected chi connectivity index (χ0v) is 6.76. The van der Waals surface area contributed by atoms with E-state index in [2.05, 4.69) is 26.9 Å². The lowest BCUT2D eigenvalue weighted by molar-refractivity contribution is 0.146. The van der Waals surface area contributed by atoms with Gasteiger partial charge in [0.1, 0.15) is 0 Å². The molecule has 0 N–H and O–H groups in total. The minimum absolute atomic E-state index is 0.309. The van der Waals surface area contributed by atoms with Gasteiger partial charge in [-0.1, -0.05) is 15.9 Å². The molecule has 1 rings (SSSR count). The fourth-order valence-electron chi connectivity index (χ4n) is 0.954. The monoisotopic (exact) mass is 188 g/mol. The van der Waals surface area contributed by atoms with Crippen molar-refractivity contribution in [3.8, 4) is 6.07 Å². The molecule has 0 atom stereocenters. The standard InChI is InChI=1S/C6H9BrN2/c7-1-2-9-4-6(3-8)5-9/h6H,1-2,4-5H2. The SMILES string of the molecule is N#CC1CN(CCBr)C1. The van der Waals surface area contributed by atoms with Gasteiger partial charge in [0.05, 0.1) is 12.0 Å². The highest BCUT2D eigenvalue weighted by Crippen LogP contribution is 2.13. The number of likely N-dealkylation sites (tertiary alicyclic amines) is 1. The summed E-state index contributed by atoms with van der Waals surface area (Å²) < 4.78 is 0. The summed E-state index contributed by atoms with van der Waals surface area (Å²) in [5.74, 6) is 0.309. The molecule has 0 spiro atoms. The van der Waals surface area contributed by atoms with Crippen molar-refractivity contribution in [2.75, 3.05) is 25.0 Å². The van der Waals surface area contributed by atoms with Crippen LogP contribution in [0.2, 0.25) is 0 Å². The molecule has 0 aromatic rings. The Morgan fingerprint density at radius 3 is 2.78 bits per heavy atom. The van der Waals surface area contributed by atoms with Gasteiger partial charge < -0.3 is 0 Å². The average Bonchev–Trinajstić information content (AvgIpc) is 1.77. The second kappa shape index (κ2) is 3.19. The fraction of sp³-hybridized carbons (Fsp3) is 0.833. The van der Waals surface area contributed by atoms with Crippen LogP contribution in [0.3, 0.4) is 0 Å². The molecule has 1 aliphatic rings. The van der Waals surface area contributed by atoms with Crippen molar-refractivity contribution in [2.24, 2.45) is 5.92 Å². The first-order valence-electron chi connectivity index (χ1n) is 3.04. The maximum atomic E-state index is 8.38. The summed E-state index contributed by atoms with van der Waals surface area (Å²) in [6.45, 7) is 3.03. The molecule has 0 amide bonds. The Bertz CT molecular complexity index is 124. The van der Waals surface area contributed by atoms with Crippen molar-refractivity contribution >= 4 is 15.9 Å². The van der Waals surface area contributed by atoms with Crippen LogP contribution in [0.25, 0.3) is 0 Å². The Hall–Kier alpha value is -0.0700. The molecule has 0 aromatic heterocycles. The maximum Gasteiger partial charge on any atom is 0.0717 e. The van der Waals surface area contributed by atoms with Gasteiger partial charge in [0, 0.05) is 25.0 Å². The zero-order valence-electron chi connectivity index (χ0n) is 5.18. The van der Waals surface area contributed by atoms with Crippen LogP contribution in [0.15, 0.2) is 0 Å². The molecule has 3 heteroatoms. The largest absolute Gasteiger partial charge is 0.300 e. The predicted octanol–water partition coefficient (Wildman–Crippen LogP) is 0.837. The van der Waals surface area contributed by atoms with Crippen LogP contribution in [0.5, 0.6) is 0 Å². The second-order valence-corrected chi connectivity index (χ2v) is 3.07. The van der Waals surface area contributed by atoms with Gasteiger partial charge in [-0.3, -0.25) is 4.90 Å². The summed E-state index contributed by atoms with van der Waals surface area (Å²) in [5, 5.41) is 9.40. The van der Waals surface area contributed by atoms with Gasteiger partial charge >= 0.3 is 0 Å². The fourth-order valence-corrected chi connectivity index (χ4v) is 1.46.